The highest BCUT2D eigenvalue weighted by Gasteiger charge is 2.22. The van der Waals surface area contributed by atoms with Crippen molar-refractivity contribution in [3.05, 3.63) is 105 Å². The molecule has 0 spiro atoms. The largest absolute Gasteiger partial charge is 0.441 e. The number of amides is 2. The molecule has 7 heteroatoms. The van der Waals surface area contributed by atoms with E-state index in [2.05, 4.69) is 15.6 Å². The summed E-state index contributed by atoms with van der Waals surface area (Å²) in [5.74, 6) is -0.183. The lowest BCUT2D eigenvalue weighted by atomic mass is 9.96. The number of aromatic nitrogens is 1. The fourth-order valence-corrected chi connectivity index (χ4v) is 4.82. The number of carbonyl (C=O) groups is 2. The average Bonchev–Trinajstić information content (AvgIpc) is 3.28. The lowest BCUT2D eigenvalue weighted by molar-refractivity contribution is 0.0906. The van der Waals surface area contributed by atoms with Gasteiger partial charge in [0.15, 0.2) is 0 Å². The fraction of sp³-hybridized carbons (Fsp3) is 0.281. The molecule has 0 bridgehead atoms. The zero-order valence-electron chi connectivity index (χ0n) is 23.3. The molecule has 0 fully saturated rings. The Morgan fingerprint density at radius 1 is 0.923 bits per heavy atom. The Hall–Kier alpha value is -3.97. The van der Waals surface area contributed by atoms with Gasteiger partial charge in [-0.1, -0.05) is 59.7 Å². The van der Waals surface area contributed by atoms with Gasteiger partial charge >= 0.3 is 6.09 Å². The zero-order valence-corrected chi connectivity index (χ0v) is 24.1. The van der Waals surface area contributed by atoms with E-state index >= 15 is 0 Å². The van der Waals surface area contributed by atoms with Crippen LogP contribution < -0.4 is 10.6 Å². The van der Waals surface area contributed by atoms with E-state index in [9.17, 15) is 9.59 Å². The molecule has 1 aromatic heterocycles. The molecule has 4 aromatic rings. The number of hydrogen-bond donors (Lipinski definition) is 2. The number of thiazole rings is 1. The van der Waals surface area contributed by atoms with Crippen LogP contribution in [0.5, 0.6) is 0 Å². The lowest BCUT2D eigenvalue weighted by Gasteiger charge is -2.24. The van der Waals surface area contributed by atoms with Crippen LogP contribution in [0.1, 0.15) is 64.6 Å². The number of rotatable bonds is 7. The van der Waals surface area contributed by atoms with Crippen LogP contribution in [0, 0.1) is 20.8 Å². The molecule has 0 saturated carbocycles. The molecule has 1 atom stereocenters. The van der Waals surface area contributed by atoms with Gasteiger partial charge in [-0.25, -0.2) is 9.78 Å². The Bertz CT molecular complexity index is 1450. The number of alkyl carbamates (subject to hydrolysis) is 1. The van der Waals surface area contributed by atoms with Crippen molar-refractivity contribution in [2.45, 2.75) is 59.6 Å². The normalized spacial score (nSPS) is 12.1. The smallest absolute Gasteiger partial charge is 0.408 e. The molecule has 1 unspecified atom stereocenters. The maximum absolute atomic E-state index is 13.4. The van der Waals surface area contributed by atoms with Crippen molar-refractivity contribution in [1.82, 2.24) is 10.3 Å². The van der Waals surface area contributed by atoms with Gasteiger partial charge in [-0.2, -0.15) is 0 Å². The van der Waals surface area contributed by atoms with Crippen LogP contribution >= 0.6 is 11.3 Å². The van der Waals surface area contributed by atoms with E-state index in [1.807, 2.05) is 114 Å². The van der Waals surface area contributed by atoms with Crippen LogP contribution in [0.3, 0.4) is 0 Å². The second-order valence-corrected chi connectivity index (χ2v) is 11.9. The average molecular weight is 542 g/mol. The molecule has 0 aliphatic rings. The van der Waals surface area contributed by atoms with E-state index in [0.717, 1.165) is 33.0 Å². The van der Waals surface area contributed by atoms with E-state index in [1.165, 1.54) is 5.56 Å². The third-order valence-corrected chi connectivity index (χ3v) is 6.93. The Labute approximate surface area is 234 Å². The van der Waals surface area contributed by atoms with Crippen LogP contribution in [-0.4, -0.2) is 22.5 Å². The Balaban J connectivity index is 1.54. The summed E-state index contributed by atoms with van der Waals surface area (Å²) in [5.41, 5.74) is 6.59. The van der Waals surface area contributed by atoms with Gasteiger partial charge in [0.2, 0.25) is 0 Å². The molecular formula is C32H35N3O3S. The number of carbonyl (C=O) groups excluding carboxylic acids is 2. The highest BCUT2D eigenvalue weighted by atomic mass is 32.1. The summed E-state index contributed by atoms with van der Waals surface area (Å²) >= 11 is 1.56. The van der Waals surface area contributed by atoms with Crippen molar-refractivity contribution in [3.8, 4) is 11.1 Å². The maximum atomic E-state index is 13.4. The number of hydrogen-bond acceptors (Lipinski definition) is 5. The van der Waals surface area contributed by atoms with Crippen LogP contribution in [0.4, 0.5) is 10.5 Å². The first-order valence-corrected chi connectivity index (χ1v) is 13.8. The number of anilines is 1. The third kappa shape index (κ3) is 7.77. The van der Waals surface area contributed by atoms with E-state index in [1.54, 1.807) is 11.3 Å². The van der Waals surface area contributed by atoms with Gasteiger partial charge in [0, 0.05) is 28.6 Å². The minimum Gasteiger partial charge on any atom is -0.441 e. The van der Waals surface area contributed by atoms with Crippen LogP contribution in [0.25, 0.3) is 11.1 Å². The van der Waals surface area contributed by atoms with E-state index in [0.29, 0.717) is 17.7 Å². The predicted octanol–water partition coefficient (Wildman–Crippen LogP) is 7.80. The minimum absolute atomic E-state index is 0.183. The van der Waals surface area contributed by atoms with E-state index in [4.69, 9.17) is 4.74 Å². The summed E-state index contributed by atoms with van der Waals surface area (Å²) < 4.78 is 5.83. The molecular weight excluding hydrogens is 506 g/mol. The van der Waals surface area contributed by atoms with Crippen molar-refractivity contribution in [2.24, 2.45) is 0 Å². The summed E-state index contributed by atoms with van der Waals surface area (Å²) in [7, 11) is 0. The highest BCUT2D eigenvalue weighted by Crippen LogP contribution is 2.28. The molecule has 0 aliphatic carbocycles. The Morgan fingerprint density at radius 3 is 2.21 bits per heavy atom. The number of nitrogens with zero attached hydrogens (tertiary/aromatic N) is 1. The van der Waals surface area contributed by atoms with Gasteiger partial charge in [0.1, 0.15) is 6.10 Å². The quantitative estimate of drug-likeness (QED) is 0.250. The van der Waals surface area contributed by atoms with Crippen molar-refractivity contribution in [1.29, 1.82) is 0 Å². The molecule has 0 saturated heterocycles. The summed E-state index contributed by atoms with van der Waals surface area (Å²) in [6.45, 7) is 11.7. The maximum Gasteiger partial charge on any atom is 0.408 e. The van der Waals surface area contributed by atoms with Crippen LogP contribution in [0.15, 0.2) is 72.1 Å². The van der Waals surface area contributed by atoms with Crippen molar-refractivity contribution in [2.75, 3.05) is 5.32 Å². The summed E-state index contributed by atoms with van der Waals surface area (Å²) in [5, 5.41) is 8.83. The van der Waals surface area contributed by atoms with Crippen molar-refractivity contribution >= 4 is 29.0 Å². The minimum atomic E-state index is -0.525. The highest BCUT2D eigenvalue weighted by molar-refractivity contribution is 7.09. The second kappa shape index (κ2) is 11.8. The molecule has 2 amide bonds. The van der Waals surface area contributed by atoms with Crippen molar-refractivity contribution < 1.29 is 14.3 Å². The van der Waals surface area contributed by atoms with Gasteiger partial charge in [0.25, 0.3) is 5.91 Å². The van der Waals surface area contributed by atoms with E-state index in [-0.39, 0.29) is 5.91 Å². The topological polar surface area (TPSA) is 80.3 Å². The molecule has 1 heterocycles. The zero-order chi connectivity index (χ0) is 28.2. The first-order valence-electron chi connectivity index (χ1n) is 13.0. The summed E-state index contributed by atoms with van der Waals surface area (Å²) in [6.07, 6.45) is -0.556. The third-order valence-electron chi connectivity index (χ3n) is 6.11. The first kappa shape index (κ1) is 28.0. The predicted molar refractivity (Wildman–Crippen MR) is 158 cm³/mol. The van der Waals surface area contributed by atoms with Crippen LogP contribution in [0.2, 0.25) is 0 Å². The SMILES string of the molecule is Cc1ccc(-c2ccc(C)cc2C(=O)Nc2ccc(C(Cc3csc(C)n3)OC(=O)NC(C)(C)C)cc2)cc1. The standard InChI is InChI=1S/C32H35N3O3S/c1-20-7-10-23(11-8-20)27-16-9-21(2)17-28(27)30(36)34-25-14-12-24(13-15-25)29(18-26-19-39-22(3)33-26)38-31(37)35-32(4,5)6/h7-17,19,29H,18H2,1-6H3,(H,34,36)(H,35,37). The molecule has 4 rings (SSSR count). The van der Waals surface area contributed by atoms with Gasteiger partial charge in [0.05, 0.1) is 10.7 Å². The monoisotopic (exact) mass is 541 g/mol. The van der Waals surface area contributed by atoms with E-state index < -0.39 is 17.7 Å². The molecule has 0 aliphatic heterocycles. The first-order chi connectivity index (χ1) is 18.5. The molecule has 202 valence electrons. The van der Waals surface area contributed by atoms with Crippen molar-refractivity contribution in [3.63, 3.8) is 0 Å². The van der Waals surface area contributed by atoms with Gasteiger partial charge in [-0.3, -0.25) is 4.79 Å². The molecule has 6 nitrogen and oxygen atoms in total. The Kier molecular flexibility index (Phi) is 8.51. The van der Waals surface area contributed by atoms with Gasteiger partial charge in [-0.05, 0) is 76.4 Å². The van der Waals surface area contributed by atoms with Crippen LogP contribution in [-0.2, 0) is 11.2 Å². The molecule has 39 heavy (non-hydrogen) atoms. The van der Waals surface area contributed by atoms with Gasteiger partial charge < -0.3 is 15.4 Å². The molecule has 2 N–H and O–H groups in total. The number of ether oxygens (including phenoxy) is 1. The molecule has 0 radical (unpaired) electrons. The number of nitrogens with one attached hydrogen (secondary N) is 2. The number of aryl methyl sites for hydroxylation is 3. The fourth-order valence-electron chi connectivity index (χ4n) is 4.19. The summed E-state index contributed by atoms with van der Waals surface area (Å²) in [4.78, 5) is 30.5. The Morgan fingerprint density at radius 2 is 1.59 bits per heavy atom. The second-order valence-electron chi connectivity index (χ2n) is 10.8. The lowest BCUT2D eigenvalue weighted by Crippen LogP contribution is -2.41. The van der Waals surface area contributed by atoms with Gasteiger partial charge in [-0.15, -0.1) is 11.3 Å². The number of benzene rings is 3. The molecule has 3 aromatic carbocycles. The summed E-state index contributed by atoms with van der Waals surface area (Å²) in [6, 6.07) is 21.5.